The van der Waals surface area contributed by atoms with Gasteiger partial charge < -0.3 is 5.32 Å². The van der Waals surface area contributed by atoms with Crippen LogP contribution in [-0.2, 0) is 14.8 Å². The van der Waals surface area contributed by atoms with Gasteiger partial charge in [0.25, 0.3) is 0 Å². The van der Waals surface area contributed by atoms with Gasteiger partial charge in [0.15, 0.2) is 0 Å². The van der Waals surface area contributed by atoms with Crippen molar-refractivity contribution in [2.24, 2.45) is 0 Å². The summed E-state index contributed by atoms with van der Waals surface area (Å²) in [5, 5.41) is 3.42. The molecule has 152 valence electrons. The highest BCUT2D eigenvalue weighted by Crippen LogP contribution is 2.31. The highest BCUT2D eigenvalue weighted by atomic mass is 35.5. The fourth-order valence-corrected chi connectivity index (χ4v) is 4.76. The fraction of sp³-hybridized carbons (Fsp3) is 0.350. The average molecular weight is 443 g/mol. The largest absolute Gasteiger partial charge is 0.324 e. The maximum atomic E-state index is 13.1. The van der Waals surface area contributed by atoms with Gasteiger partial charge in [0.05, 0.1) is 22.0 Å². The van der Waals surface area contributed by atoms with Gasteiger partial charge >= 0.3 is 0 Å². The number of rotatable bonds is 6. The predicted octanol–water partition coefficient (Wildman–Crippen LogP) is 5.10. The Morgan fingerprint density at radius 1 is 1.07 bits per heavy atom. The molecule has 0 radical (unpaired) electrons. The summed E-state index contributed by atoms with van der Waals surface area (Å²) in [5.74, 6) is -0.408. The quantitative estimate of drug-likeness (QED) is 0.676. The van der Waals surface area contributed by atoms with Gasteiger partial charge in [0, 0.05) is 5.69 Å². The van der Waals surface area contributed by atoms with Crippen molar-refractivity contribution < 1.29 is 13.2 Å². The number of hydrogen-bond acceptors (Lipinski definition) is 3. The number of aryl methyl sites for hydroxylation is 3. The van der Waals surface area contributed by atoms with Crippen LogP contribution >= 0.6 is 23.2 Å². The molecule has 0 heterocycles. The fourth-order valence-electron chi connectivity index (χ4n) is 3.27. The van der Waals surface area contributed by atoms with Crippen LogP contribution in [0, 0.1) is 20.8 Å². The molecule has 0 saturated carbocycles. The number of carbonyl (C=O) groups is 1. The molecule has 8 heteroatoms. The molecule has 2 aromatic rings. The van der Waals surface area contributed by atoms with E-state index in [1.165, 1.54) is 18.2 Å². The molecule has 2 aromatic carbocycles. The number of halogens is 2. The number of sulfonamides is 1. The first-order valence-corrected chi connectivity index (χ1v) is 11.4. The number of carbonyl (C=O) groups excluding carboxylic acids is 1. The number of anilines is 2. The zero-order valence-corrected chi connectivity index (χ0v) is 18.8. The molecular weight excluding hydrogens is 419 g/mol. The van der Waals surface area contributed by atoms with Gasteiger partial charge in [-0.05, 0) is 56.5 Å². The first-order valence-electron chi connectivity index (χ1n) is 8.78. The van der Waals surface area contributed by atoms with Crippen molar-refractivity contribution in [2.75, 3.05) is 15.9 Å². The van der Waals surface area contributed by atoms with E-state index < -0.39 is 22.0 Å². The second-order valence-corrected chi connectivity index (χ2v) is 9.52. The summed E-state index contributed by atoms with van der Waals surface area (Å²) in [6.07, 6.45) is 1.34. The summed E-state index contributed by atoms with van der Waals surface area (Å²) in [5.41, 5.74) is 3.91. The van der Waals surface area contributed by atoms with Gasteiger partial charge in [-0.3, -0.25) is 9.10 Å². The zero-order valence-electron chi connectivity index (χ0n) is 16.5. The number of benzene rings is 2. The Bertz CT molecular complexity index is 984. The highest BCUT2D eigenvalue weighted by Gasteiger charge is 2.32. The summed E-state index contributed by atoms with van der Waals surface area (Å²) in [6.45, 7) is 7.55. The summed E-state index contributed by atoms with van der Waals surface area (Å²) >= 11 is 12.0. The molecule has 1 N–H and O–H groups in total. The lowest BCUT2D eigenvalue weighted by molar-refractivity contribution is -0.117. The molecule has 28 heavy (non-hydrogen) atoms. The van der Waals surface area contributed by atoms with E-state index in [-0.39, 0.29) is 17.1 Å². The summed E-state index contributed by atoms with van der Waals surface area (Å²) < 4.78 is 26.2. The van der Waals surface area contributed by atoms with Crippen LogP contribution in [-0.4, -0.2) is 26.6 Å². The van der Waals surface area contributed by atoms with Crippen molar-refractivity contribution in [3.8, 4) is 0 Å². The molecule has 0 aliphatic carbocycles. The Morgan fingerprint density at radius 3 is 2.11 bits per heavy atom. The molecule has 0 fully saturated rings. The van der Waals surface area contributed by atoms with Crippen molar-refractivity contribution in [1.82, 2.24) is 0 Å². The van der Waals surface area contributed by atoms with Gasteiger partial charge in [-0.15, -0.1) is 0 Å². The number of nitrogens with one attached hydrogen (secondary N) is 1. The third kappa shape index (κ3) is 4.99. The maximum Gasteiger partial charge on any atom is 0.248 e. The van der Waals surface area contributed by atoms with Crippen molar-refractivity contribution in [1.29, 1.82) is 0 Å². The first-order chi connectivity index (χ1) is 13.0. The zero-order chi connectivity index (χ0) is 21.2. The monoisotopic (exact) mass is 442 g/mol. The minimum atomic E-state index is -3.75. The lowest BCUT2D eigenvalue weighted by atomic mass is 10.0. The summed E-state index contributed by atoms with van der Waals surface area (Å²) in [6, 6.07) is 7.49. The van der Waals surface area contributed by atoms with Crippen LogP contribution in [0.3, 0.4) is 0 Å². The molecular formula is C20H24Cl2N2O3S. The van der Waals surface area contributed by atoms with Crippen LogP contribution in [0.2, 0.25) is 10.0 Å². The Kier molecular flexibility index (Phi) is 7.02. The molecule has 5 nitrogen and oxygen atoms in total. The second kappa shape index (κ2) is 8.72. The first kappa shape index (κ1) is 22.5. The topological polar surface area (TPSA) is 66.5 Å². The van der Waals surface area contributed by atoms with Gasteiger partial charge in [0.1, 0.15) is 6.04 Å². The van der Waals surface area contributed by atoms with Gasteiger partial charge in [0.2, 0.25) is 15.9 Å². The SMILES string of the molecule is CC[C@@H](C(=O)Nc1c(C)cc(C)cc1C)N(c1ccc(Cl)c(Cl)c1)S(C)(=O)=O. The molecule has 1 atom stereocenters. The second-order valence-electron chi connectivity index (χ2n) is 6.84. The van der Waals surface area contributed by atoms with E-state index in [1.54, 1.807) is 6.92 Å². The lowest BCUT2D eigenvalue weighted by Gasteiger charge is -2.30. The van der Waals surface area contributed by atoms with Crippen molar-refractivity contribution in [3.63, 3.8) is 0 Å². The smallest absolute Gasteiger partial charge is 0.248 e. The molecule has 2 rings (SSSR count). The average Bonchev–Trinajstić information content (AvgIpc) is 2.57. The van der Waals surface area contributed by atoms with Crippen LogP contribution < -0.4 is 9.62 Å². The minimum absolute atomic E-state index is 0.216. The summed E-state index contributed by atoms with van der Waals surface area (Å²) in [4.78, 5) is 13.1. The molecule has 0 spiro atoms. The van der Waals surface area contributed by atoms with Crippen LogP contribution in [0.15, 0.2) is 30.3 Å². The molecule has 1 amide bonds. The van der Waals surface area contributed by atoms with Crippen LogP contribution in [0.5, 0.6) is 0 Å². The normalized spacial score (nSPS) is 12.5. The van der Waals surface area contributed by atoms with E-state index in [0.29, 0.717) is 10.7 Å². The van der Waals surface area contributed by atoms with Gasteiger partial charge in [-0.25, -0.2) is 8.42 Å². The number of amides is 1. The van der Waals surface area contributed by atoms with E-state index in [9.17, 15) is 13.2 Å². The minimum Gasteiger partial charge on any atom is -0.324 e. The van der Waals surface area contributed by atoms with Crippen molar-refractivity contribution in [2.45, 2.75) is 40.2 Å². The Morgan fingerprint density at radius 2 is 1.64 bits per heavy atom. The Hall–Kier alpha value is -1.76. The third-order valence-electron chi connectivity index (χ3n) is 4.41. The Labute approximate surface area is 176 Å². The number of hydrogen-bond donors (Lipinski definition) is 1. The van der Waals surface area contributed by atoms with Crippen molar-refractivity contribution in [3.05, 3.63) is 57.1 Å². The predicted molar refractivity (Wildman–Crippen MR) is 117 cm³/mol. The molecule has 0 saturated heterocycles. The van der Waals surface area contributed by atoms with Crippen molar-refractivity contribution >= 4 is 50.5 Å². The molecule has 0 bridgehead atoms. The van der Waals surface area contributed by atoms with E-state index in [0.717, 1.165) is 27.3 Å². The maximum absolute atomic E-state index is 13.1. The van der Waals surface area contributed by atoms with E-state index >= 15 is 0 Å². The molecule has 0 unspecified atom stereocenters. The summed E-state index contributed by atoms with van der Waals surface area (Å²) in [7, 11) is -3.75. The van der Waals surface area contributed by atoms with Crippen LogP contribution in [0.1, 0.15) is 30.0 Å². The number of nitrogens with zero attached hydrogens (tertiary/aromatic N) is 1. The highest BCUT2D eigenvalue weighted by molar-refractivity contribution is 7.92. The standard InChI is InChI=1S/C20H24Cl2N2O3S/c1-6-18(20(25)23-19-13(3)9-12(2)10-14(19)4)24(28(5,26)27)15-7-8-16(21)17(22)11-15/h7-11,18H,6H2,1-5H3,(H,23,25)/t18-/m0/s1. The van der Waals surface area contributed by atoms with Gasteiger partial charge in [-0.1, -0.05) is 47.8 Å². The van der Waals surface area contributed by atoms with Crippen LogP contribution in [0.4, 0.5) is 11.4 Å². The molecule has 0 aliphatic heterocycles. The third-order valence-corrected chi connectivity index (χ3v) is 6.33. The lowest BCUT2D eigenvalue weighted by Crippen LogP contribution is -2.47. The Balaban J connectivity index is 2.46. The molecule has 0 aromatic heterocycles. The van der Waals surface area contributed by atoms with Crippen LogP contribution in [0.25, 0.3) is 0 Å². The van der Waals surface area contributed by atoms with E-state index in [2.05, 4.69) is 5.32 Å². The molecule has 0 aliphatic rings. The van der Waals surface area contributed by atoms with E-state index in [1.807, 2.05) is 32.9 Å². The van der Waals surface area contributed by atoms with E-state index in [4.69, 9.17) is 23.2 Å². The van der Waals surface area contributed by atoms with Gasteiger partial charge in [-0.2, -0.15) is 0 Å².